The Hall–Kier alpha value is -4.00. The molecule has 3 rings (SSSR count). The average molecular weight is 390 g/mol. The molecule has 1 heterocycles. The summed E-state index contributed by atoms with van der Waals surface area (Å²) in [6, 6.07) is 18.5. The van der Waals surface area contributed by atoms with Crippen molar-refractivity contribution in [2.75, 3.05) is 19.0 Å². The lowest BCUT2D eigenvalue weighted by Gasteiger charge is -2.07. The second-order valence-electron chi connectivity index (χ2n) is 5.98. The van der Waals surface area contributed by atoms with Crippen molar-refractivity contribution >= 4 is 23.3 Å². The number of nitrogens with one attached hydrogen (secondary N) is 1. The number of rotatable bonds is 7. The number of pyridine rings is 1. The van der Waals surface area contributed by atoms with E-state index in [1.54, 1.807) is 54.6 Å². The molecule has 0 radical (unpaired) electrons. The van der Waals surface area contributed by atoms with Crippen molar-refractivity contribution in [2.45, 2.75) is 0 Å². The summed E-state index contributed by atoms with van der Waals surface area (Å²) in [4.78, 5) is 39.9. The van der Waals surface area contributed by atoms with Gasteiger partial charge in [-0.3, -0.25) is 9.59 Å². The van der Waals surface area contributed by atoms with Gasteiger partial charge in [0.25, 0.3) is 5.91 Å². The zero-order valence-corrected chi connectivity index (χ0v) is 15.6. The van der Waals surface area contributed by atoms with Crippen LogP contribution in [0.1, 0.15) is 26.3 Å². The average Bonchev–Trinajstić information content (AvgIpc) is 2.78. The molecule has 1 N–H and O–H groups in total. The van der Waals surface area contributed by atoms with Crippen LogP contribution in [0.3, 0.4) is 0 Å². The number of nitrogens with zero attached hydrogens (tertiary/aromatic N) is 1. The fraction of sp³-hybridized carbons (Fsp3) is 0.0909. The lowest BCUT2D eigenvalue weighted by Crippen LogP contribution is -2.14. The highest BCUT2D eigenvalue weighted by atomic mass is 16.6. The first-order valence-corrected chi connectivity index (χ1v) is 8.73. The Morgan fingerprint density at radius 2 is 1.52 bits per heavy atom. The Labute approximate surface area is 167 Å². The zero-order chi connectivity index (χ0) is 20.6. The minimum absolute atomic E-state index is 0.107. The maximum Gasteiger partial charge on any atom is 0.343 e. The number of anilines is 1. The number of amides is 1. The molecule has 0 atom stereocenters. The second-order valence-corrected chi connectivity index (χ2v) is 5.98. The molecule has 0 aliphatic rings. The van der Waals surface area contributed by atoms with E-state index in [4.69, 9.17) is 4.74 Å². The Morgan fingerprint density at radius 1 is 0.862 bits per heavy atom. The number of carbonyl (C=O) groups excluding carboxylic acids is 3. The Morgan fingerprint density at radius 3 is 2.14 bits per heavy atom. The van der Waals surface area contributed by atoms with Crippen molar-refractivity contribution in [3.8, 4) is 5.88 Å². The standard InChI is InChI=1S/C22H18N2O5/c1-28-20(25)14-29-19-12-11-18(13-23-19)24-22(27)17-9-7-16(8-10-17)21(26)15-5-3-2-4-6-15/h2-13H,14H2,1H3,(H,24,27). The van der Waals surface area contributed by atoms with Crippen LogP contribution in [-0.2, 0) is 9.53 Å². The van der Waals surface area contributed by atoms with E-state index in [-0.39, 0.29) is 24.2 Å². The van der Waals surface area contributed by atoms with E-state index >= 15 is 0 Å². The summed E-state index contributed by atoms with van der Waals surface area (Å²) in [5.41, 5.74) is 1.96. The van der Waals surface area contributed by atoms with Crippen LogP contribution in [0, 0.1) is 0 Å². The SMILES string of the molecule is COC(=O)COc1ccc(NC(=O)c2ccc(C(=O)c3ccccc3)cc2)cn1. The van der Waals surface area contributed by atoms with Gasteiger partial charge in [0.1, 0.15) is 0 Å². The van der Waals surface area contributed by atoms with Gasteiger partial charge in [-0.1, -0.05) is 42.5 Å². The third-order valence-electron chi connectivity index (χ3n) is 4.01. The van der Waals surface area contributed by atoms with E-state index in [0.717, 1.165) is 0 Å². The molecule has 7 heteroatoms. The molecular weight excluding hydrogens is 372 g/mol. The van der Waals surface area contributed by atoms with Gasteiger partial charge in [0.05, 0.1) is 19.0 Å². The summed E-state index contributed by atoms with van der Waals surface area (Å²) < 4.78 is 9.62. The van der Waals surface area contributed by atoms with Crippen LogP contribution in [0.5, 0.6) is 5.88 Å². The molecule has 1 aromatic heterocycles. The number of esters is 1. The number of hydrogen-bond donors (Lipinski definition) is 1. The van der Waals surface area contributed by atoms with E-state index in [1.807, 2.05) is 6.07 Å². The summed E-state index contributed by atoms with van der Waals surface area (Å²) in [5.74, 6) is -0.728. The largest absolute Gasteiger partial charge is 0.466 e. The number of ether oxygens (including phenoxy) is 2. The van der Waals surface area contributed by atoms with Crippen LogP contribution in [-0.4, -0.2) is 36.4 Å². The Balaban J connectivity index is 1.61. The molecule has 0 unspecified atom stereocenters. The number of benzene rings is 2. The highest BCUT2D eigenvalue weighted by Crippen LogP contribution is 2.15. The van der Waals surface area contributed by atoms with Crippen molar-refractivity contribution < 1.29 is 23.9 Å². The first-order chi connectivity index (χ1) is 14.1. The zero-order valence-electron chi connectivity index (χ0n) is 15.6. The monoisotopic (exact) mass is 390 g/mol. The molecule has 146 valence electrons. The maximum atomic E-state index is 12.4. The van der Waals surface area contributed by atoms with Gasteiger partial charge in [-0.2, -0.15) is 0 Å². The van der Waals surface area contributed by atoms with Gasteiger partial charge in [-0.05, 0) is 18.2 Å². The second kappa shape index (κ2) is 9.27. The quantitative estimate of drug-likeness (QED) is 0.492. The van der Waals surface area contributed by atoms with Gasteiger partial charge in [-0.25, -0.2) is 9.78 Å². The van der Waals surface area contributed by atoms with E-state index < -0.39 is 5.97 Å². The van der Waals surface area contributed by atoms with Crippen molar-refractivity contribution in [1.29, 1.82) is 0 Å². The molecule has 0 bridgehead atoms. The van der Waals surface area contributed by atoms with Gasteiger partial charge >= 0.3 is 5.97 Å². The van der Waals surface area contributed by atoms with Gasteiger partial charge in [0, 0.05) is 22.8 Å². The topological polar surface area (TPSA) is 94.6 Å². The normalized spacial score (nSPS) is 10.1. The van der Waals surface area contributed by atoms with Crippen LogP contribution < -0.4 is 10.1 Å². The fourth-order valence-corrected chi connectivity index (χ4v) is 2.46. The van der Waals surface area contributed by atoms with Crippen molar-refractivity contribution in [3.63, 3.8) is 0 Å². The van der Waals surface area contributed by atoms with Crippen LogP contribution in [0.4, 0.5) is 5.69 Å². The molecule has 0 aliphatic heterocycles. The smallest absolute Gasteiger partial charge is 0.343 e. The fourth-order valence-electron chi connectivity index (χ4n) is 2.46. The highest BCUT2D eigenvalue weighted by molar-refractivity contribution is 6.10. The predicted molar refractivity (Wildman–Crippen MR) is 106 cm³/mol. The van der Waals surface area contributed by atoms with Crippen molar-refractivity contribution in [3.05, 3.63) is 89.6 Å². The van der Waals surface area contributed by atoms with Crippen LogP contribution in [0.2, 0.25) is 0 Å². The van der Waals surface area contributed by atoms with E-state index in [9.17, 15) is 14.4 Å². The van der Waals surface area contributed by atoms with Gasteiger partial charge < -0.3 is 14.8 Å². The predicted octanol–water partition coefficient (Wildman–Crippen LogP) is 3.12. The van der Waals surface area contributed by atoms with Crippen LogP contribution in [0.15, 0.2) is 72.9 Å². The first kappa shape index (κ1) is 19.8. The lowest BCUT2D eigenvalue weighted by molar-refractivity contribution is -0.143. The molecule has 0 aliphatic carbocycles. The molecule has 1 amide bonds. The Kier molecular flexibility index (Phi) is 6.32. The van der Waals surface area contributed by atoms with Gasteiger partial charge in [0.2, 0.25) is 5.88 Å². The molecular formula is C22H18N2O5. The summed E-state index contributed by atoms with van der Waals surface area (Å²) in [6.07, 6.45) is 1.41. The number of methoxy groups -OCH3 is 1. The lowest BCUT2D eigenvalue weighted by atomic mass is 10.0. The Bertz CT molecular complexity index is 1000. The first-order valence-electron chi connectivity index (χ1n) is 8.73. The number of aromatic nitrogens is 1. The summed E-state index contributed by atoms with van der Waals surface area (Å²) >= 11 is 0. The molecule has 0 fully saturated rings. The molecule has 29 heavy (non-hydrogen) atoms. The summed E-state index contributed by atoms with van der Waals surface area (Å²) in [5, 5.41) is 2.71. The minimum Gasteiger partial charge on any atom is -0.466 e. The molecule has 2 aromatic carbocycles. The maximum absolute atomic E-state index is 12.4. The highest BCUT2D eigenvalue weighted by Gasteiger charge is 2.11. The van der Waals surface area contributed by atoms with Crippen molar-refractivity contribution in [1.82, 2.24) is 4.98 Å². The number of hydrogen-bond acceptors (Lipinski definition) is 6. The molecule has 3 aromatic rings. The van der Waals surface area contributed by atoms with Crippen LogP contribution in [0.25, 0.3) is 0 Å². The number of ketones is 1. The van der Waals surface area contributed by atoms with E-state index in [1.165, 1.54) is 19.4 Å². The van der Waals surface area contributed by atoms with E-state index in [0.29, 0.717) is 22.4 Å². The molecule has 0 spiro atoms. The van der Waals surface area contributed by atoms with Crippen LogP contribution >= 0.6 is 0 Å². The third-order valence-corrected chi connectivity index (χ3v) is 4.01. The molecule has 7 nitrogen and oxygen atoms in total. The van der Waals surface area contributed by atoms with E-state index in [2.05, 4.69) is 15.0 Å². The summed E-state index contributed by atoms with van der Waals surface area (Å²) in [6.45, 7) is -0.247. The summed E-state index contributed by atoms with van der Waals surface area (Å²) in [7, 11) is 1.27. The molecule has 0 saturated carbocycles. The van der Waals surface area contributed by atoms with Gasteiger partial charge in [-0.15, -0.1) is 0 Å². The minimum atomic E-state index is -0.515. The number of carbonyl (C=O) groups is 3. The van der Waals surface area contributed by atoms with Gasteiger partial charge in [0.15, 0.2) is 12.4 Å². The third kappa shape index (κ3) is 5.26. The van der Waals surface area contributed by atoms with Crippen molar-refractivity contribution in [2.24, 2.45) is 0 Å². The molecule has 0 saturated heterocycles.